The van der Waals surface area contributed by atoms with Crippen LogP contribution in [0.3, 0.4) is 0 Å². The van der Waals surface area contributed by atoms with Gasteiger partial charge in [0.25, 0.3) is 0 Å². The highest BCUT2D eigenvalue weighted by Crippen LogP contribution is 2.31. The van der Waals surface area contributed by atoms with Crippen LogP contribution in [0.2, 0.25) is 0 Å². The van der Waals surface area contributed by atoms with E-state index in [1.165, 1.54) is 34.7 Å². The van der Waals surface area contributed by atoms with Crippen LogP contribution in [0.25, 0.3) is 27.5 Å². The number of fused-ring (bicyclic) bond motifs is 3. The molecule has 2 aromatic heterocycles. The fraction of sp³-hybridized carbons (Fsp3) is 0.0714. The standard InChI is InChI=1S/C28H20F2N4S/c29-20-15-14-19(24(30)16-20)18-35-28-32-31-27(34(28)21-8-2-1-3-9-21)17-33-25-12-6-4-10-22(25)23-11-5-7-13-26(23)33/h1-16H,17-18H2. The van der Waals surface area contributed by atoms with Crippen molar-refractivity contribution in [2.45, 2.75) is 17.5 Å². The number of hydrogen-bond acceptors (Lipinski definition) is 3. The van der Waals surface area contributed by atoms with Crippen molar-refractivity contribution in [3.05, 3.63) is 120 Å². The Labute approximate surface area is 204 Å². The minimum atomic E-state index is -0.586. The Bertz CT molecular complexity index is 1600. The quantitative estimate of drug-likeness (QED) is 0.240. The lowest BCUT2D eigenvalue weighted by molar-refractivity contribution is 0.576. The molecular weight excluding hydrogens is 462 g/mol. The van der Waals surface area contributed by atoms with E-state index in [-0.39, 0.29) is 0 Å². The maximum atomic E-state index is 14.2. The topological polar surface area (TPSA) is 35.6 Å². The summed E-state index contributed by atoms with van der Waals surface area (Å²) in [5.41, 5.74) is 3.59. The minimum absolute atomic E-state index is 0.312. The van der Waals surface area contributed by atoms with E-state index in [4.69, 9.17) is 0 Å². The molecule has 0 aliphatic heterocycles. The molecule has 0 unspecified atom stereocenters. The first-order valence-corrected chi connectivity index (χ1v) is 12.2. The Morgan fingerprint density at radius 2 is 1.37 bits per heavy atom. The van der Waals surface area contributed by atoms with Gasteiger partial charge in [-0.2, -0.15) is 0 Å². The molecule has 0 aliphatic carbocycles. The van der Waals surface area contributed by atoms with Crippen molar-refractivity contribution in [2.75, 3.05) is 0 Å². The highest BCUT2D eigenvalue weighted by Gasteiger charge is 2.18. The monoisotopic (exact) mass is 482 g/mol. The van der Waals surface area contributed by atoms with Crippen molar-refractivity contribution in [2.24, 2.45) is 0 Å². The summed E-state index contributed by atoms with van der Waals surface area (Å²) < 4.78 is 31.8. The molecule has 0 radical (unpaired) electrons. The van der Waals surface area contributed by atoms with Crippen molar-refractivity contribution in [3.8, 4) is 5.69 Å². The van der Waals surface area contributed by atoms with E-state index in [9.17, 15) is 8.78 Å². The Balaban J connectivity index is 1.43. The highest BCUT2D eigenvalue weighted by atomic mass is 32.2. The normalized spacial score (nSPS) is 11.5. The van der Waals surface area contributed by atoms with Crippen molar-refractivity contribution in [1.29, 1.82) is 0 Å². The number of thioether (sulfide) groups is 1. The average molecular weight is 483 g/mol. The van der Waals surface area contributed by atoms with Crippen LogP contribution in [0.5, 0.6) is 0 Å². The smallest absolute Gasteiger partial charge is 0.196 e. The molecule has 4 aromatic carbocycles. The van der Waals surface area contributed by atoms with E-state index in [1.807, 2.05) is 47.0 Å². The van der Waals surface area contributed by atoms with Gasteiger partial charge in [-0.25, -0.2) is 8.78 Å². The second-order valence-electron chi connectivity index (χ2n) is 8.21. The zero-order chi connectivity index (χ0) is 23.8. The predicted molar refractivity (Wildman–Crippen MR) is 136 cm³/mol. The lowest BCUT2D eigenvalue weighted by atomic mass is 10.2. The Hall–Kier alpha value is -3.97. The first-order chi connectivity index (χ1) is 17.2. The maximum Gasteiger partial charge on any atom is 0.196 e. The maximum absolute atomic E-state index is 14.2. The molecule has 6 aromatic rings. The van der Waals surface area contributed by atoms with Gasteiger partial charge in [0.2, 0.25) is 0 Å². The van der Waals surface area contributed by atoms with E-state index in [0.29, 0.717) is 23.0 Å². The summed E-state index contributed by atoms with van der Waals surface area (Å²) in [5.74, 6) is -0.0670. The van der Waals surface area contributed by atoms with Crippen LogP contribution in [0.15, 0.2) is 102 Å². The van der Waals surface area contributed by atoms with Gasteiger partial charge in [-0.1, -0.05) is 72.4 Å². The van der Waals surface area contributed by atoms with Crippen LogP contribution in [0.4, 0.5) is 8.78 Å². The first kappa shape index (κ1) is 21.6. The van der Waals surface area contributed by atoms with Crippen LogP contribution in [-0.4, -0.2) is 19.3 Å². The van der Waals surface area contributed by atoms with Crippen LogP contribution in [0.1, 0.15) is 11.4 Å². The van der Waals surface area contributed by atoms with Gasteiger partial charge in [0.15, 0.2) is 11.0 Å². The van der Waals surface area contributed by atoms with Gasteiger partial charge in [-0.15, -0.1) is 10.2 Å². The molecule has 7 heteroatoms. The number of rotatable bonds is 6. The van der Waals surface area contributed by atoms with Crippen molar-refractivity contribution in [3.63, 3.8) is 0 Å². The number of nitrogens with zero attached hydrogens (tertiary/aromatic N) is 4. The van der Waals surface area contributed by atoms with E-state index in [2.05, 4.69) is 51.2 Å². The molecule has 4 nitrogen and oxygen atoms in total. The minimum Gasteiger partial charge on any atom is -0.333 e. The molecule has 6 rings (SSSR count). The summed E-state index contributed by atoms with van der Waals surface area (Å²) in [5, 5.41) is 12.0. The molecule has 0 aliphatic rings. The Kier molecular flexibility index (Phi) is 5.54. The second-order valence-corrected chi connectivity index (χ2v) is 9.16. The first-order valence-electron chi connectivity index (χ1n) is 11.2. The average Bonchev–Trinajstić information content (AvgIpc) is 3.43. The Morgan fingerprint density at radius 1 is 0.714 bits per heavy atom. The van der Waals surface area contributed by atoms with Crippen molar-refractivity contribution >= 4 is 33.6 Å². The lowest BCUT2D eigenvalue weighted by Crippen LogP contribution is -2.08. The fourth-order valence-corrected chi connectivity index (χ4v) is 5.39. The molecule has 0 fully saturated rings. The van der Waals surface area contributed by atoms with Crippen LogP contribution in [0, 0.1) is 11.6 Å². The van der Waals surface area contributed by atoms with Gasteiger partial charge in [-0.3, -0.25) is 4.57 Å². The van der Waals surface area contributed by atoms with Gasteiger partial charge in [0.1, 0.15) is 11.6 Å². The van der Waals surface area contributed by atoms with E-state index in [1.54, 1.807) is 0 Å². The number of para-hydroxylation sites is 3. The lowest BCUT2D eigenvalue weighted by Gasteiger charge is -2.12. The number of halogens is 2. The SMILES string of the molecule is Fc1ccc(CSc2nnc(Cn3c4ccccc4c4ccccc43)n2-c2ccccc2)c(F)c1. The largest absolute Gasteiger partial charge is 0.333 e. The van der Waals surface area contributed by atoms with Gasteiger partial charge >= 0.3 is 0 Å². The molecule has 0 spiro atoms. The third-order valence-corrected chi connectivity index (χ3v) is 7.04. The summed E-state index contributed by atoms with van der Waals surface area (Å²) in [6.07, 6.45) is 0. The molecule has 0 N–H and O–H groups in total. The molecule has 35 heavy (non-hydrogen) atoms. The molecule has 2 heterocycles. The zero-order valence-electron chi connectivity index (χ0n) is 18.6. The molecule has 0 atom stereocenters. The van der Waals surface area contributed by atoms with E-state index < -0.39 is 11.6 Å². The third-order valence-electron chi connectivity index (χ3n) is 6.07. The summed E-state index contributed by atoms with van der Waals surface area (Å²) >= 11 is 1.37. The third kappa shape index (κ3) is 3.98. The van der Waals surface area contributed by atoms with Gasteiger partial charge in [-0.05, 0) is 35.9 Å². The summed E-state index contributed by atoms with van der Waals surface area (Å²) in [4.78, 5) is 0. The second kappa shape index (κ2) is 9.00. The summed E-state index contributed by atoms with van der Waals surface area (Å²) in [6, 6.07) is 30.2. The molecule has 172 valence electrons. The van der Waals surface area contributed by atoms with Crippen LogP contribution in [-0.2, 0) is 12.3 Å². The number of aromatic nitrogens is 4. The van der Waals surface area contributed by atoms with Gasteiger partial charge in [0, 0.05) is 39.3 Å². The number of hydrogen-bond donors (Lipinski definition) is 0. The Morgan fingerprint density at radius 3 is 2.06 bits per heavy atom. The van der Waals surface area contributed by atoms with Gasteiger partial charge < -0.3 is 4.57 Å². The van der Waals surface area contributed by atoms with Crippen molar-refractivity contribution in [1.82, 2.24) is 19.3 Å². The summed E-state index contributed by atoms with van der Waals surface area (Å²) in [7, 11) is 0. The van der Waals surface area contributed by atoms with E-state index in [0.717, 1.165) is 28.6 Å². The van der Waals surface area contributed by atoms with E-state index >= 15 is 0 Å². The molecule has 0 saturated carbocycles. The zero-order valence-corrected chi connectivity index (χ0v) is 19.4. The highest BCUT2D eigenvalue weighted by molar-refractivity contribution is 7.98. The van der Waals surface area contributed by atoms with Gasteiger partial charge in [0.05, 0.1) is 6.54 Å². The van der Waals surface area contributed by atoms with Crippen molar-refractivity contribution < 1.29 is 8.78 Å². The molecule has 0 saturated heterocycles. The predicted octanol–water partition coefficient (Wildman–Crippen LogP) is 6.99. The van der Waals surface area contributed by atoms with Crippen LogP contribution < -0.4 is 0 Å². The fourth-order valence-electron chi connectivity index (χ4n) is 4.43. The molecular formula is C28H20F2N4S. The summed E-state index contributed by atoms with van der Waals surface area (Å²) in [6.45, 7) is 0.515. The molecule has 0 amide bonds. The molecule has 0 bridgehead atoms. The van der Waals surface area contributed by atoms with Crippen LogP contribution >= 0.6 is 11.8 Å². The number of benzene rings is 4.